The predicted octanol–water partition coefficient (Wildman–Crippen LogP) is 7.23. The highest BCUT2D eigenvalue weighted by molar-refractivity contribution is 7.12. The number of thiazole rings is 2. The summed E-state index contributed by atoms with van der Waals surface area (Å²) in [5.41, 5.74) is 5.18. The fourth-order valence-electron chi connectivity index (χ4n) is 5.41. The second-order valence-electron chi connectivity index (χ2n) is 13.1. The molecule has 0 aliphatic carbocycles. The largest absolute Gasteiger partial charge is 0.496 e. The topological polar surface area (TPSA) is 81.6 Å². The van der Waals surface area contributed by atoms with Crippen molar-refractivity contribution in [1.29, 1.82) is 0 Å². The van der Waals surface area contributed by atoms with E-state index in [1.807, 2.05) is 11.8 Å². The Morgan fingerprint density at radius 3 is 2.17 bits per heavy atom. The first-order valence-corrected chi connectivity index (χ1v) is 16.5. The van der Waals surface area contributed by atoms with Crippen molar-refractivity contribution in [3.05, 3.63) is 49.2 Å². The lowest BCUT2D eigenvalue weighted by molar-refractivity contribution is -0.142. The fourth-order valence-corrected chi connectivity index (χ4v) is 7.45. The zero-order valence-electron chi connectivity index (χ0n) is 26.6. The first kappa shape index (κ1) is 32.1. The third-order valence-electron chi connectivity index (χ3n) is 7.77. The molecule has 0 unspecified atom stereocenters. The Balaban J connectivity index is 1.43. The van der Waals surface area contributed by atoms with Gasteiger partial charge in [0.2, 0.25) is 5.91 Å². The molecule has 42 heavy (non-hydrogen) atoms. The third kappa shape index (κ3) is 7.40. The number of rotatable bonds is 8. The molecule has 1 aliphatic rings. The number of hydrogen-bond donors (Lipinski definition) is 0. The number of piperidine rings is 1. The van der Waals surface area contributed by atoms with E-state index >= 15 is 0 Å². The zero-order chi connectivity index (χ0) is 30.8. The molecule has 2 aromatic heterocycles. The van der Waals surface area contributed by atoms with Gasteiger partial charge in [0.25, 0.3) is 0 Å². The molecule has 1 fully saturated rings. The van der Waals surface area contributed by atoms with Gasteiger partial charge in [-0.15, -0.1) is 22.7 Å². The van der Waals surface area contributed by atoms with Gasteiger partial charge in [-0.1, -0.05) is 41.5 Å². The molecule has 0 radical (unpaired) electrons. The van der Waals surface area contributed by atoms with Gasteiger partial charge in [-0.2, -0.15) is 0 Å². The Bertz CT molecular complexity index is 1380. The maximum atomic E-state index is 13.1. The Labute approximate surface area is 258 Å². The molecule has 1 aromatic carbocycles. The average Bonchev–Trinajstić information content (AvgIpc) is 3.54. The predicted molar refractivity (Wildman–Crippen MR) is 171 cm³/mol. The van der Waals surface area contributed by atoms with Gasteiger partial charge < -0.3 is 14.4 Å². The smallest absolute Gasteiger partial charge is 0.311 e. The Morgan fingerprint density at radius 1 is 1.00 bits per heavy atom. The average molecular weight is 612 g/mol. The first-order chi connectivity index (χ1) is 19.7. The summed E-state index contributed by atoms with van der Waals surface area (Å²) in [6.45, 7) is 18.8. The van der Waals surface area contributed by atoms with Crippen molar-refractivity contribution in [2.75, 3.05) is 26.8 Å². The Hall–Kier alpha value is -2.78. The lowest BCUT2D eigenvalue weighted by Gasteiger charge is -2.31. The van der Waals surface area contributed by atoms with E-state index in [1.54, 1.807) is 25.4 Å². The molecule has 1 aliphatic heterocycles. The van der Waals surface area contributed by atoms with Crippen molar-refractivity contribution in [2.45, 2.75) is 97.8 Å². The number of likely N-dealkylation sites (tertiary alicyclic amines) is 1. The summed E-state index contributed by atoms with van der Waals surface area (Å²) in [7, 11) is 1.76. The van der Waals surface area contributed by atoms with Gasteiger partial charge in [-0.25, -0.2) is 9.97 Å². The fraction of sp³-hybridized carbons (Fsp3) is 0.576. The van der Waals surface area contributed by atoms with Crippen LogP contribution in [0.1, 0.15) is 98.9 Å². The molecule has 1 amide bonds. The number of nitrogens with zero attached hydrogens (tertiary/aromatic N) is 3. The maximum absolute atomic E-state index is 13.1. The monoisotopic (exact) mass is 611 g/mol. The summed E-state index contributed by atoms with van der Waals surface area (Å²) in [5, 5.41) is 4.07. The van der Waals surface area contributed by atoms with Gasteiger partial charge in [0.15, 0.2) is 0 Å². The van der Waals surface area contributed by atoms with Crippen molar-refractivity contribution in [2.24, 2.45) is 0 Å². The highest BCUT2D eigenvalue weighted by Gasteiger charge is 2.30. The number of aromatic nitrogens is 2. The van der Waals surface area contributed by atoms with Crippen LogP contribution in [-0.2, 0) is 38.0 Å². The molecule has 0 N–H and O–H groups in total. The zero-order valence-corrected chi connectivity index (χ0v) is 28.2. The molecule has 228 valence electrons. The lowest BCUT2D eigenvalue weighted by Crippen LogP contribution is -2.38. The molecule has 3 aromatic rings. The Morgan fingerprint density at radius 2 is 1.62 bits per heavy atom. The van der Waals surface area contributed by atoms with Gasteiger partial charge in [0.1, 0.15) is 10.8 Å². The Kier molecular flexibility index (Phi) is 9.82. The molecule has 3 heterocycles. The number of benzene rings is 1. The van der Waals surface area contributed by atoms with Crippen LogP contribution in [0.4, 0.5) is 0 Å². The van der Waals surface area contributed by atoms with Crippen LogP contribution < -0.4 is 4.74 Å². The molecule has 9 heteroatoms. The van der Waals surface area contributed by atoms with Crippen LogP contribution in [0.5, 0.6) is 5.75 Å². The van der Waals surface area contributed by atoms with Crippen molar-refractivity contribution in [3.63, 3.8) is 0 Å². The lowest BCUT2D eigenvalue weighted by atomic mass is 9.78. The summed E-state index contributed by atoms with van der Waals surface area (Å²) < 4.78 is 11.0. The van der Waals surface area contributed by atoms with E-state index < -0.39 is 0 Å². The van der Waals surface area contributed by atoms with E-state index in [1.165, 1.54) is 22.5 Å². The second-order valence-corrected chi connectivity index (χ2v) is 15.2. The number of aryl methyl sites for hydroxylation is 1. The third-order valence-corrected chi connectivity index (χ3v) is 9.94. The minimum absolute atomic E-state index is 0.0701. The molecule has 1 saturated heterocycles. The summed E-state index contributed by atoms with van der Waals surface area (Å²) in [6, 6.07) is 4.49. The molecular weight excluding hydrogens is 567 g/mol. The highest BCUT2D eigenvalue weighted by Crippen LogP contribution is 2.43. The van der Waals surface area contributed by atoms with Gasteiger partial charge in [0, 0.05) is 46.0 Å². The van der Waals surface area contributed by atoms with E-state index in [2.05, 4.69) is 64.0 Å². The molecule has 0 spiro atoms. The highest BCUT2D eigenvalue weighted by atomic mass is 32.1. The van der Waals surface area contributed by atoms with Gasteiger partial charge >= 0.3 is 5.97 Å². The van der Waals surface area contributed by atoms with Crippen molar-refractivity contribution in [1.82, 2.24) is 14.9 Å². The first-order valence-electron chi connectivity index (χ1n) is 14.8. The van der Waals surface area contributed by atoms with E-state index in [0.717, 1.165) is 50.4 Å². The molecule has 0 atom stereocenters. The normalized spacial score (nSPS) is 14.7. The summed E-state index contributed by atoms with van der Waals surface area (Å²) in [4.78, 5) is 37.5. The minimum Gasteiger partial charge on any atom is -0.496 e. The summed E-state index contributed by atoms with van der Waals surface area (Å²) in [5.74, 6) is 1.14. The number of ether oxygens (including phenoxy) is 2. The SMILES string of the molecule is CCOC(=O)Cc1sc(CC(=O)N2CCC(c3nc(-c4cc(C(C)(C)C)c(OC)c(C(C)(C)C)c4)cs3)CC2)nc1C. The quantitative estimate of drug-likeness (QED) is 0.250. The molecule has 7 nitrogen and oxygen atoms in total. The maximum Gasteiger partial charge on any atom is 0.311 e. The van der Waals surface area contributed by atoms with Gasteiger partial charge in [-0.05, 0) is 49.7 Å². The van der Waals surface area contributed by atoms with Crippen LogP contribution in [0.25, 0.3) is 11.3 Å². The van der Waals surface area contributed by atoms with Crippen molar-refractivity contribution in [3.8, 4) is 17.0 Å². The molecular formula is C33H45N3O4S2. The van der Waals surface area contributed by atoms with Crippen LogP contribution in [0, 0.1) is 6.92 Å². The van der Waals surface area contributed by atoms with Crippen molar-refractivity contribution < 1.29 is 19.1 Å². The van der Waals surface area contributed by atoms with Gasteiger partial charge in [0.05, 0.1) is 43.0 Å². The standard InChI is InChI=1S/C33H45N3O4S2/c1-10-40-29(38)17-26-20(2)34-27(42-26)18-28(37)36-13-11-21(12-14-36)31-35-25(19-41-31)22-15-23(32(3,4)5)30(39-9)24(16-22)33(6,7)8/h15-16,19,21H,10-14,17-18H2,1-9H3. The molecule has 0 saturated carbocycles. The van der Waals surface area contributed by atoms with Crippen LogP contribution in [-0.4, -0.2) is 53.6 Å². The number of esters is 1. The number of methoxy groups -OCH3 is 1. The van der Waals surface area contributed by atoms with Crippen LogP contribution in [0.2, 0.25) is 0 Å². The number of carbonyl (C=O) groups excluding carboxylic acids is 2. The number of amides is 1. The molecule has 0 bridgehead atoms. The molecule has 4 rings (SSSR count). The van der Waals surface area contributed by atoms with Crippen LogP contribution >= 0.6 is 22.7 Å². The van der Waals surface area contributed by atoms with Crippen LogP contribution in [0.15, 0.2) is 17.5 Å². The van der Waals surface area contributed by atoms with Gasteiger partial charge in [-0.3, -0.25) is 9.59 Å². The van der Waals surface area contributed by atoms with Crippen molar-refractivity contribution >= 4 is 34.6 Å². The number of hydrogen-bond acceptors (Lipinski definition) is 8. The summed E-state index contributed by atoms with van der Waals surface area (Å²) >= 11 is 3.16. The van der Waals surface area contributed by atoms with E-state index in [-0.39, 0.29) is 35.5 Å². The minimum atomic E-state index is -0.259. The summed E-state index contributed by atoms with van der Waals surface area (Å²) in [6.07, 6.45) is 2.27. The number of carbonyl (C=O) groups is 2. The van der Waals surface area contributed by atoms with Crippen LogP contribution in [0.3, 0.4) is 0 Å². The van der Waals surface area contributed by atoms with E-state index in [4.69, 9.17) is 14.5 Å². The van der Waals surface area contributed by atoms with E-state index in [9.17, 15) is 9.59 Å². The van der Waals surface area contributed by atoms with E-state index in [0.29, 0.717) is 25.6 Å². The second kappa shape index (κ2) is 12.8.